The number of carbonyl (C=O) groups excluding carboxylic acids is 7. The van der Waals surface area contributed by atoms with Gasteiger partial charge in [0.2, 0.25) is 35.4 Å². The maximum absolute atomic E-state index is 14.0. The van der Waals surface area contributed by atoms with E-state index in [4.69, 9.17) is 4.74 Å². The fourth-order valence-electron chi connectivity index (χ4n) is 9.36. The van der Waals surface area contributed by atoms with Crippen LogP contribution in [-0.4, -0.2) is 165 Å². The van der Waals surface area contributed by atoms with Crippen molar-refractivity contribution in [2.75, 3.05) is 39.3 Å². The molecule has 74 heavy (non-hydrogen) atoms. The van der Waals surface area contributed by atoms with Crippen molar-refractivity contribution in [1.82, 2.24) is 36.4 Å². The van der Waals surface area contributed by atoms with E-state index in [2.05, 4.69) is 33.5 Å². The topological polar surface area (TPSA) is 296 Å². The third kappa shape index (κ3) is 13.8. The van der Waals surface area contributed by atoms with Gasteiger partial charge >= 0.3 is 0 Å². The van der Waals surface area contributed by atoms with Crippen molar-refractivity contribution in [1.29, 1.82) is 0 Å². The highest BCUT2D eigenvalue weighted by molar-refractivity contribution is 5.99. The van der Waals surface area contributed by atoms with Gasteiger partial charge in [-0.25, -0.2) is 0 Å². The highest BCUT2D eigenvalue weighted by Gasteiger charge is 2.46. The molecule has 9 atom stereocenters. The van der Waals surface area contributed by atoms with Crippen molar-refractivity contribution < 1.29 is 63.8 Å². The number of aliphatic hydroxyl groups is 4. The number of β-amino-alcohol motifs (C(OH)–C–C–N with tert-alkyl or cyclic N) is 1. The molecule has 3 aliphatic rings. The van der Waals surface area contributed by atoms with Crippen LogP contribution in [0.25, 0.3) is 22.3 Å². The quantitative estimate of drug-likeness (QED) is 0.0879. The third-order valence-corrected chi connectivity index (χ3v) is 13.6. The first-order valence-electron chi connectivity index (χ1n) is 25.0. The van der Waals surface area contributed by atoms with Crippen LogP contribution in [0.2, 0.25) is 0 Å². The Hall–Kier alpha value is -7.39. The normalized spacial score (nSPS) is 24.8. The number of amides is 7. The first kappa shape index (κ1) is 54.4. The van der Waals surface area contributed by atoms with Crippen LogP contribution in [0.3, 0.4) is 0 Å². The summed E-state index contributed by atoms with van der Waals surface area (Å²) in [6.45, 7) is 2.03. The summed E-state index contributed by atoms with van der Waals surface area (Å²) < 4.78 is 5.84. The monoisotopic (exact) mass is 1020 g/mol. The number of carbonyl (C=O) groups is 7. The second kappa shape index (κ2) is 25.0. The summed E-state index contributed by atoms with van der Waals surface area (Å²) in [4.78, 5) is 98.6. The van der Waals surface area contributed by atoms with Gasteiger partial charge in [0.15, 0.2) is 0 Å². The van der Waals surface area contributed by atoms with Crippen LogP contribution in [0.15, 0.2) is 97.1 Å². The number of aromatic hydroxyl groups is 1. The van der Waals surface area contributed by atoms with Crippen LogP contribution in [0, 0.1) is 5.92 Å². The lowest BCUT2D eigenvalue weighted by Gasteiger charge is -2.29. The number of phenolic OH excluding ortho intramolecular Hbond substituents is 1. The summed E-state index contributed by atoms with van der Waals surface area (Å²) in [6.07, 6.45) is -3.42. The molecule has 3 saturated heterocycles. The number of nitrogens with zero attached hydrogens (tertiary/aromatic N) is 2. The summed E-state index contributed by atoms with van der Waals surface area (Å²) in [5.74, 6) is -5.91. The predicted octanol–water partition coefficient (Wildman–Crippen LogP) is 0.765. The number of ether oxygens (including phenoxy) is 1. The van der Waals surface area contributed by atoms with Crippen LogP contribution >= 0.6 is 0 Å². The number of aliphatic hydroxyl groups excluding tert-OH is 4. The van der Waals surface area contributed by atoms with Crippen molar-refractivity contribution in [2.24, 2.45) is 5.92 Å². The lowest BCUT2D eigenvalue weighted by molar-refractivity contribution is -0.142. The van der Waals surface area contributed by atoms with E-state index in [1.807, 2.05) is 48.5 Å². The van der Waals surface area contributed by atoms with Crippen molar-refractivity contribution >= 4 is 41.4 Å². The summed E-state index contributed by atoms with van der Waals surface area (Å²) in [7, 11) is 0. The van der Waals surface area contributed by atoms with Crippen molar-refractivity contribution in [2.45, 2.75) is 101 Å². The molecule has 0 radical (unpaired) electrons. The van der Waals surface area contributed by atoms with Crippen LogP contribution in [0.4, 0.5) is 0 Å². The molecule has 7 rings (SSSR count). The van der Waals surface area contributed by atoms with E-state index in [0.29, 0.717) is 12.2 Å². The van der Waals surface area contributed by atoms with E-state index in [-0.39, 0.29) is 37.2 Å². The van der Waals surface area contributed by atoms with Gasteiger partial charge in [0.25, 0.3) is 5.91 Å². The summed E-state index contributed by atoms with van der Waals surface area (Å²) in [5.41, 5.74) is 4.32. The highest BCUT2D eigenvalue weighted by atomic mass is 16.5. The van der Waals surface area contributed by atoms with E-state index < -0.39 is 122 Å². The van der Waals surface area contributed by atoms with E-state index in [0.717, 1.165) is 57.1 Å². The molecule has 3 aliphatic heterocycles. The Morgan fingerprint density at radius 3 is 1.89 bits per heavy atom. The zero-order valence-corrected chi connectivity index (χ0v) is 41.3. The van der Waals surface area contributed by atoms with Gasteiger partial charge < -0.3 is 66.7 Å². The molecule has 0 aromatic heterocycles. The van der Waals surface area contributed by atoms with Gasteiger partial charge in [-0.2, -0.15) is 0 Å². The van der Waals surface area contributed by atoms with E-state index >= 15 is 0 Å². The Morgan fingerprint density at radius 2 is 1.27 bits per heavy atom. The van der Waals surface area contributed by atoms with Gasteiger partial charge in [-0.15, -0.1) is 0 Å². The van der Waals surface area contributed by atoms with Crippen LogP contribution in [0.5, 0.6) is 11.5 Å². The van der Waals surface area contributed by atoms with Gasteiger partial charge in [-0.1, -0.05) is 87.4 Å². The third-order valence-electron chi connectivity index (χ3n) is 13.6. The Balaban J connectivity index is 1.07. The summed E-state index contributed by atoms with van der Waals surface area (Å²) in [5, 5.41) is 66.5. The average Bonchev–Trinajstić information content (AvgIpc) is 3.95. The van der Waals surface area contributed by atoms with Gasteiger partial charge in [0, 0.05) is 50.4 Å². The Bertz CT molecular complexity index is 2620. The number of unbranched alkanes of at least 4 members (excludes halogenated alkanes) is 2. The molecular formula is C54H65N7O13. The zero-order chi connectivity index (χ0) is 53.1. The summed E-state index contributed by atoms with van der Waals surface area (Å²) >= 11 is 0. The maximum Gasteiger partial charge on any atom is 0.251 e. The largest absolute Gasteiger partial charge is 0.508 e. The maximum atomic E-state index is 14.0. The second-order valence-corrected chi connectivity index (χ2v) is 19.2. The van der Waals surface area contributed by atoms with Crippen LogP contribution in [-0.2, 0) is 35.2 Å². The number of rotatable bonds is 12. The molecule has 0 unspecified atom stereocenters. The molecule has 4 aromatic rings. The minimum Gasteiger partial charge on any atom is -0.508 e. The Labute approximate surface area is 428 Å². The molecule has 0 bridgehead atoms. The predicted molar refractivity (Wildman–Crippen MR) is 270 cm³/mol. The molecular weight excluding hydrogens is 955 g/mol. The van der Waals surface area contributed by atoms with Crippen molar-refractivity contribution in [3.8, 4) is 33.8 Å². The zero-order valence-electron chi connectivity index (χ0n) is 41.3. The first-order valence-corrected chi connectivity index (χ1v) is 25.0. The van der Waals surface area contributed by atoms with E-state index in [9.17, 15) is 59.1 Å². The molecule has 0 saturated carbocycles. The fraction of sp³-hybridized carbons (Fsp3) is 0.426. The first-order chi connectivity index (χ1) is 35.5. The molecule has 20 heteroatoms. The molecule has 4 aromatic carbocycles. The molecule has 20 nitrogen and oxygen atoms in total. The van der Waals surface area contributed by atoms with E-state index in [1.165, 1.54) is 24.3 Å². The van der Waals surface area contributed by atoms with Crippen molar-refractivity contribution in [3.63, 3.8) is 0 Å². The van der Waals surface area contributed by atoms with Gasteiger partial charge in [0.1, 0.15) is 35.7 Å². The van der Waals surface area contributed by atoms with Crippen molar-refractivity contribution in [3.05, 3.63) is 108 Å². The van der Waals surface area contributed by atoms with Crippen LogP contribution < -0.4 is 31.3 Å². The highest BCUT2D eigenvalue weighted by Crippen LogP contribution is 2.28. The van der Waals surface area contributed by atoms with Gasteiger partial charge in [0.05, 0.1) is 44.1 Å². The second-order valence-electron chi connectivity index (χ2n) is 19.2. The molecule has 394 valence electrons. The van der Waals surface area contributed by atoms with Gasteiger partial charge in [-0.3, -0.25) is 33.6 Å². The summed E-state index contributed by atoms with van der Waals surface area (Å²) in [6, 6.07) is 22.0. The standard InChI is InChI=1S/C54H65N7O13/c1-3-4-5-22-74-41-20-16-36(17-21-41)34-10-8-33(9-11-34)35-12-14-37(15-13-35)50(69)58-42-24-39(63)26-55-54(73)48-49(68)31(2)29-61(48)46(67)28-57-53(72)47(44(65)23-32-6-18-38(62)19-7-32)59-52(71)43-25-40(64)30-60(43)45(66)27-56-51(42)70/h6-21,31,39-40,42-44,47-49,62-65,68H,3-5,22-30H2,1-2H3,(H,55,73)(H,56,70)(H,57,72)(H,58,69)(H,59,71)/t31-,39+,40+,42-,43-,44+,47-,48-,49-/m0/s1. The number of phenols is 1. The fourth-order valence-corrected chi connectivity index (χ4v) is 9.36. The molecule has 3 fully saturated rings. The molecule has 0 aliphatic carbocycles. The number of benzene rings is 4. The van der Waals surface area contributed by atoms with Gasteiger partial charge in [-0.05, 0) is 70.6 Å². The Morgan fingerprint density at radius 1 is 0.689 bits per heavy atom. The molecule has 10 N–H and O–H groups in total. The number of nitrogens with one attached hydrogen (secondary N) is 5. The smallest absolute Gasteiger partial charge is 0.251 e. The molecule has 3 heterocycles. The lowest BCUT2D eigenvalue weighted by Crippen LogP contribution is -2.59. The number of hydrogen-bond donors (Lipinski definition) is 10. The SMILES string of the molecule is CCCCCOc1ccc(-c2ccc(-c3ccc(C(=O)N[C@H]4C[C@@H](O)CNC(=O)[C@@H]5[C@@H](O)[C@@H](C)CN5C(=O)CNC(=O)[C@H]([C@H](O)Cc5ccc(O)cc5)NC(=O)[C@@H]5C[C@@H](O)CN5C(=O)CNC4=O)cc3)cc2)cc1. The minimum absolute atomic E-state index is 0.0569. The minimum atomic E-state index is -1.74. The van der Waals surface area contributed by atoms with E-state index in [1.54, 1.807) is 31.2 Å². The number of fused-ring (bicyclic) bond motifs is 2. The molecule has 0 spiro atoms. The lowest BCUT2D eigenvalue weighted by atomic mass is 9.99. The molecule has 7 amide bonds. The average molecular weight is 1020 g/mol. The Kier molecular flexibility index (Phi) is 18.4. The van der Waals surface area contributed by atoms with Crippen LogP contribution in [0.1, 0.15) is 61.9 Å². The number of hydrogen-bond acceptors (Lipinski definition) is 13.